The molecule has 0 unspecified atom stereocenters. The number of nitriles is 1. The van der Waals surface area contributed by atoms with Crippen molar-refractivity contribution < 1.29 is 21.6 Å². The zero-order valence-electron chi connectivity index (χ0n) is 26.8. The minimum absolute atomic E-state index is 0.0896. The third-order valence-electron chi connectivity index (χ3n) is 9.44. The number of nitrogens with one attached hydrogen (secondary N) is 2. The lowest BCUT2D eigenvalue weighted by atomic mass is 10.0. The summed E-state index contributed by atoms with van der Waals surface area (Å²) in [6.45, 7) is 11.0. The molecular formula is C33H39F3N8O2S2. The van der Waals surface area contributed by atoms with Crippen molar-refractivity contribution in [3.05, 3.63) is 64.3 Å². The smallest absolute Gasteiger partial charge is 0.367 e. The van der Waals surface area contributed by atoms with Gasteiger partial charge in [-0.05, 0) is 75.0 Å². The van der Waals surface area contributed by atoms with Gasteiger partial charge in [0, 0.05) is 66.0 Å². The van der Waals surface area contributed by atoms with E-state index in [0.717, 1.165) is 98.2 Å². The number of sulfonamides is 1. The Morgan fingerprint density at radius 3 is 2.44 bits per heavy atom. The number of benzene rings is 1. The fraction of sp³-hybridized carbons (Fsp3) is 0.485. The number of fused-ring (bicyclic) bond motifs is 2. The second-order valence-corrected chi connectivity index (χ2v) is 15.4. The number of aryl methyl sites for hydroxylation is 1. The number of anilines is 1. The van der Waals surface area contributed by atoms with Gasteiger partial charge in [0.2, 0.25) is 10.0 Å². The summed E-state index contributed by atoms with van der Waals surface area (Å²) in [6, 6.07) is 10.2. The van der Waals surface area contributed by atoms with Crippen molar-refractivity contribution in [2.45, 2.75) is 70.4 Å². The Bertz CT molecular complexity index is 1930. The number of likely N-dealkylation sites (tertiary alicyclic amines) is 2. The fourth-order valence-corrected chi connectivity index (χ4v) is 8.62. The molecule has 2 aliphatic heterocycles. The quantitative estimate of drug-likeness (QED) is 0.210. The number of rotatable bonds is 11. The van der Waals surface area contributed by atoms with Gasteiger partial charge in [-0.3, -0.25) is 4.90 Å². The van der Waals surface area contributed by atoms with Gasteiger partial charge in [0.05, 0.1) is 11.8 Å². The van der Waals surface area contributed by atoms with Gasteiger partial charge in [0.15, 0.2) is 0 Å². The van der Waals surface area contributed by atoms with Crippen LogP contribution in [0.5, 0.6) is 0 Å². The van der Waals surface area contributed by atoms with Gasteiger partial charge in [0.25, 0.3) is 0 Å². The molecule has 3 aromatic heterocycles. The van der Waals surface area contributed by atoms with E-state index in [2.05, 4.69) is 66.1 Å². The van der Waals surface area contributed by atoms with Gasteiger partial charge in [-0.25, -0.2) is 23.1 Å². The summed E-state index contributed by atoms with van der Waals surface area (Å²) in [5.74, 6) is 0.586. The molecule has 2 fully saturated rings. The molecular weight excluding hydrogens is 662 g/mol. The third kappa shape index (κ3) is 8.01. The minimum Gasteiger partial charge on any atom is -0.367 e. The van der Waals surface area contributed by atoms with Crippen molar-refractivity contribution in [3.8, 4) is 6.07 Å². The molecule has 6 rings (SSSR count). The summed E-state index contributed by atoms with van der Waals surface area (Å²) in [4.78, 5) is 14.0. The molecule has 0 aliphatic carbocycles. The van der Waals surface area contributed by atoms with Crippen molar-refractivity contribution in [1.29, 1.82) is 5.26 Å². The van der Waals surface area contributed by atoms with Crippen molar-refractivity contribution in [2.24, 2.45) is 0 Å². The molecule has 0 spiro atoms. The summed E-state index contributed by atoms with van der Waals surface area (Å²) in [5.41, 5.74) is 4.04. The number of hydrogen-bond donors (Lipinski definition) is 2. The molecule has 48 heavy (non-hydrogen) atoms. The Morgan fingerprint density at radius 2 is 1.75 bits per heavy atom. The number of halogens is 3. The zero-order chi connectivity index (χ0) is 34.1. The molecule has 4 aromatic rings. The Kier molecular flexibility index (Phi) is 10.1. The first kappa shape index (κ1) is 34.3. The van der Waals surface area contributed by atoms with E-state index >= 15 is 0 Å². The highest BCUT2D eigenvalue weighted by molar-refractivity contribution is 7.92. The fourth-order valence-electron chi connectivity index (χ4n) is 6.80. The van der Waals surface area contributed by atoms with E-state index in [9.17, 15) is 26.9 Å². The van der Waals surface area contributed by atoms with E-state index in [4.69, 9.17) is 0 Å². The van der Waals surface area contributed by atoms with Crippen LogP contribution >= 0.6 is 11.3 Å². The molecule has 0 atom stereocenters. The normalized spacial score (nSPS) is 17.6. The molecule has 10 nitrogen and oxygen atoms in total. The number of aromatic nitrogens is 3. The lowest BCUT2D eigenvalue weighted by Gasteiger charge is -2.33. The molecule has 2 aliphatic rings. The van der Waals surface area contributed by atoms with Crippen LogP contribution < -0.4 is 10.0 Å². The molecule has 256 valence electrons. The summed E-state index contributed by atoms with van der Waals surface area (Å²) >= 11 is 1.06. The predicted molar refractivity (Wildman–Crippen MR) is 182 cm³/mol. The summed E-state index contributed by atoms with van der Waals surface area (Å²) in [5, 5.41) is 16.1. The lowest BCUT2D eigenvalue weighted by molar-refractivity contribution is -0.126. The zero-order valence-corrected chi connectivity index (χ0v) is 28.4. The largest absolute Gasteiger partial charge is 0.393 e. The standard InChI is InChI=1S/C33H39F3N8O2S2/c1-3-48(45,46)41-25-8-10-42(11-9-25)14-15-44-26(19-37)16-28-22(2)23(4-5-30(28)44)20-43-12-6-24(7-13-43)40-31-29-17-27(18-33(34,35)36)47-32(29)39-21-38-31/h3-5,16-17,21,24-25,41H,1,6-15,18,20H2,2H3,(H,38,39,40). The molecule has 5 heterocycles. The van der Waals surface area contributed by atoms with Gasteiger partial charge < -0.3 is 14.8 Å². The van der Waals surface area contributed by atoms with E-state index in [0.29, 0.717) is 28.3 Å². The first-order valence-corrected chi connectivity index (χ1v) is 18.5. The molecule has 1 aromatic carbocycles. The number of thiophene rings is 1. The summed E-state index contributed by atoms with van der Waals surface area (Å²) in [7, 11) is -3.44. The Morgan fingerprint density at radius 1 is 1.04 bits per heavy atom. The van der Waals surface area contributed by atoms with Crippen molar-refractivity contribution in [2.75, 3.05) is 38.0 Å². The van der Waals surface area contributed by atoms with E-state index in [1.807, 2.05) is 6.07 Å². The Balaban J connectivity index is 1.05. The second kappa shape index (κ2) is 14.1. The topological polar surface area (TPSA) is 119 Å². The maximum absolute atomic E-state index is 12.9. The maximum Gasteiger partial charge on any atom is 0.393 e. The van der Waals surface area contributed by atoms with Gasteiger partial charge in [-0.15, -0.1) is 11.3 Å². The summed E-state index contributed by atoms with van der Waals surface area (Å²) in [6.07, 6.45) is -0.627. The van der Waals surface area contributed by atoms with Crippen molar-refractivity contribution >= 4 is 48.3 Å². The van der Waals surface area contributed by atoms with Crippen LogP contribution in [0.4, 0.5) is 19.0 Å². The van der Waals surface area contributed by atoms with Crippen LogP contribution in [0.2, 0.25) is 0 Å². The van der Waals surface area contributed by atoms with Crippen LogP contribution in [-0.2, 0) is 29.5 Å². The highest BCUT2D eigenvalue weighted by Gasteiger charge is 2.29. The Hall–Kier alpha value is -3.55. The molecule has 0 amide bonds. The maximum atomic E-state index is 12.9. The van der Waals surface area contributed by atoms with Crippen LogP contribution in [0.3, 0.4) is 0 Å². The number of nitrogens with zero attached hydrogens (tertiary/aromatic N) is 6. The SMILES string of the molecule is C=CS(=O)(=O)NC1CCN(CCn2c(C#N)cc3c(C)c(CN4CCC(Nc5ncnc6sc(CC(F)(F)F)cc56)CC4)ccc32)CC1. The van der Waals surface area contributed by atoms with Gasteiger partial charge in [-0.2, -0.15) is 18.4 Å². The molecule has 2 N–H and O–H groups in total. The average Bonchev–Trinajstić information content (AvgIpc) is 3.63. The van der Waals surface area contributed by atoms with E-state index in [1.54, 1.807) is 6.07 Å². The van der Waals surface area contributed by atoms with Crippen LogP contribution in [0.1, 0.15) is 47.4 Å². The molecule has 15 heteroatoms. The predicted octanol–water partition coefficient (Wildman–Crippen LogP) is 5.53. The van der Waals surface area contributed by atoms with Gasteiger partial charge in [-0.1, -0.05) is 12.6 Å². The van der Waals surface area contributed by atoms with Crippen molar-refractivity contribution in [1.82, 2.24) is 29.1 Å². The van der Waals surface area contributed by atoms with Crippen LogP contribution in [-0.4, -0.2) is 83.7 Å². The summed E-state index contributed by atoms with van der Waals surface area (Å²) < 4.78 is 67.2. The first-order chi connectivity index (χ1) is 22.9. The van der Waals surface area contributed by atoms with E-state index < -0.39 is 22.6 Å². The highest BCUT2D eigenvalue weighted by Crippen LogP contribution is 2.33. The molecule has 2 saturated heterocycles. The average molecular weight is 701 g/mol. The van der Waals surface area contributed by atoms with Crippen LogP contribution in [0.25, 0.3) is 21.1 Å². The molecule has 0 radical (unpaired) electrons. The number of alkyl halides is 3. The molecule has 0 bridgehead atoms. The van der Waals surface area contributed by atoms with Gasteiger partial charge in [0.1, 0.15) is 28.7 Å². The second-order valence-electron chi connectivity index (χ2n) is 12.7. The third-order valence-corrected chi connectivity index (χ3v) is 11.6. The monoisotopic (exact) mass is 700 g/mol. The number of piperidine rings is 2. The number of hydrogen-bond acceptors (Lipinski definition) is 9. The van der Waals surface area contributed by atoms with Crippen molar-refractivity contribution in [3.63, 3.8) is 0 Å². The van der Waals surface area contributed by atoms with E-state index in [1.165, 1.54) is 11.9 Å². The lowest BCUT2D eigenvalue weighted by Crippen LogP contribution is -2.44. The Labute approximate surface area is 282 Å². The van der Waals surface area contributed by atoms with Gasteiger partial charge >= 0.3 is 6.18 Å². The molecule has 0 saturated carbocycles. The first-order valence-electron chi connectivity index (χ1n) is 16.1. The minimum atomic E-state index is -4.27. The highest BCUT2D eigenvalue weighted by atomic mass is 32.2. The van der Waals surface area contributed by atoms with E-state index in [-0.39, 0.29) is 17.0 Å². The van der Waals surface area contributed by atoms with Crippen LogP contribution in [0, 0.1) is 18.3 Å². The van der Waals surface area contributed by atoms with Crippen LogP contribution in [0.15, 0.2) is 42.6 Å².